The molecule has 5 nitrogen and oxygen atoms in total. The molecule has 0 spiro atoms. The van der Waals surface area contributed by atoms with Gasteiger partial charge in [0.1, 0.15) is 11.4 Å². The fraction of sp³-hybridized carbons (Fsp3) is 0. The maximum atomic E-state index is 10.8. The van der Waals surface area contributed by atoms with E-state index in [1.807, 2.05) is 0 Å². The Morgan fingerprint density at radius 3 is 2.68 bits per heavy atom. The maximum Gasteiger partial charge on any atom is 0.295 e. The molecule has 0 aliphatic rings. The molecule has 0 bridgehead atoms. The Balaban J connectivity index is 2.39. The summed E-state index contributed by atoms with van der Waals surface area (Å²) in [7, 11) is 0. The molecule has 0 unspecified atom stereocenters. The summed E-state index contributed by atoms with van der Waals surface area (Å²) in [5, 5.41) is 10.8. The minimum absolute atomic E-state index is 0.0927. The third kappa shape index (κ3) is 3.05. The van der Waals surface area contributed by atoms with Gasteiger partial charge in [-0.1, -0.05) is 6.07 Å². The van der Waals surface area contributed by atoms with Crippen LogP contribution in [0.4, 0.5) is 11.4 Å². The number of benzene rings is 2. The summed E-state index contributed by atoms with van der Waals surface area (Å²) in [5.41, 5.74) is 5.42. The molecule has 0 saturated heterocycles. The molecule has 97 valence electrons. The smallest absolute Gasteiger partial charge is 0.295 e. The number of anilines is 1. The van der Waals surface area contributed by atoms with E-state index >= 15 is 0 Å². The number of nitro groups is 1. The fourth-order valence-electron chi connectivity index (χ4n) is 1.39. The third-order valence-electron chi connectivity index (χ3n) is 2.27. The minimum Gasteiger partial charge on any atom is -0.455 e. The van der Waals surface area contributed by atoms with Crippen LogP contribution in [0, 0.1) is 16.2 Å². The second kappa shape index (κ2) is 5.58. The van der Waals surface area contributed by atoms with E-state index in [0.717, 1.165) is 0 Å². The lowest BCUT2D eigenvalue weighted by molar-refractivity contribution is -0.384. The molecule has 0 amide bonds. The number of rotatable bonds is 3. The molecule has 0 aromatic heterocycles. The molecule has 0 fully saturated rings. The van der Waals surface area contributed by atoms with Gasteiger partial charge >= 0.3 is 0 Å². The zero-order chi connectivity index (χ0) is 14.0. The van der Waals surface area contributed by atoms with E-state index in [-0.39, 0.29) is 11.4 Å². The molecule has 2 N–H and O–H groups in total. The quantitative estimate of drug-likeness (QED) is 0.484. The Labute approximate surface area is 125 Å². The molecule has 19 heavy (non-hydrogen) atoms. The molecule has 0 aliphatic heterocycles. The van der Waals surface area contributed by atoms with Crippen molar-refractivity contribution in [1.82, 2.24) is 0 Å². The molecule has 2 rings (SSSR count). The van der Waals surface area contributed by atoms with Gasteiger partial charge < -0.3 is 10.5 Å². The number of nitrogens with two attached hydrogens (primary N) is 1. The van der Waals surface area contributed by atoms with E-state index in [1.165, 1.54) is 12.1 Å². The van der Waals surface area contributed by atoms with Crippen LogP contribution >= 0.6 is 31.9 Å². The van der Waals surface area contributed by atoms with Crippen LogP contribution in [-0.2, 0) is 0 Å². The first-order valence-electron chi connectivity index (χ1n) is 5.06. The Hall–Kier alpha value is -1.60. The van der Waals surface area contributed by atoms with E-state index < -0.39 is 4.92 Å². The van der Waals surface area contributed by atoms with Crippen LogP contribution in [0.1, 0.15) is 0 Å². The number of halogens is 2. The first-order chi connectivity index (χ1) is 8.99. The lowest BCUT2D eigenvalue weighted by Crippen LogP contribution is -1.96. The van der Waals surface area contributed by atoms with Gasteiger partial charge in [-0.2, -0.15) is 0 Å². The zero-order valence-electron chi connectivity index (χ0n) is 9.39. The number of hydrogen-bond donors (Lipinski definition) is 1. The van der Waals surface area contributed by atoms with Gasteiger partial charge in [0, 0.05) is 6.07 Å². The molecular formula is C12H7Br2N2O3. The van der Waals surface area contributed by atoms with Crippen molar-refractivity contribution in [2.75, 3.05) is 5.73 Å². The van der Waals surface area contributed by atoms with Crippen molar-refractivity contribution < 1.29 is 9.66 Å². The van der Waals surface area contributed by atoms with Crippen LogP contribution in [0.5, 0.6) is 11.5 Å². The van der Waals surface area contributed by atoms with Crippen molar-refractivity contribution in [1.29, 1.82) is 0 Å². The lowest BCUT2D eigenvalue weighted by atomic mass is 10.2. The number of ether oxygens (including phenoxy) is 1. The van der Waals surface area contributed by atoms with E-state index in [2.05, 4.69) is 37.9 Å². The van der Waals surface area contributed by atoms with Gasteiger partial charge in [0.15, 0.2) is 5.75 Å². The molecule has 1 radical (unpaired) electrons. The van der Waals surface area contributed by atoms with Crippen molar-refractivity contribution in [3.8, 4) is 11.5 Å². The highest BCUT2D eigenvalue weighted by atomic mass is 79.9. The average Bonchev–Trinajstić information content (AvgIpc) is 2.35. The zero-order valence-corrected chi connectivity index (χ0v) is 12.6. The van der Waals surface area contributed by atoms with Crippen molar-refractivity contribution in [3.63, 3.8) is 0 Å². The molecule has 0 aliphatic carbocycles. The van der Waals surface area contributed by atoms with Crippen molar-refractivity contribution in [2.24, 2.45) is 0 Å². The minimum atomic E-state index is -0.552. The first-order valence-corrected chi connectivity index (χ1v) is 6.65. The fourth-order valence-corrected chi connectivity index (χ4v) is 2.49. The molecule has 0 saturated carbocycles. The second-order valence-corrected chi connectivity index (χ2v) is 5.20. The summed E-state index contributed by atoms with van der Waals surface area (Å²) < 4.78 is 6.92. The second-order valence-electron chi connectivity index (χ2n) is 3.55. The summed E-state index contributed by atoms with van der Waals surface area (Å²) >= 11 is 6.63. The van der Waals surface area contributed by atoms with Crippen LogP contribution < -0.4 is 10.5 Å². The summed E-state index contributed by atoms with van der Waals surface area (Å²) in [6.45, 7) is 0. The average molecular weight is 387 g/mol. The van der Waals surface area contributed by atoms with Gasteiger partial charge in [0.2, 0.25) is 0 Å². The van der Waals surface area contributed by atoms with Crippen LogP contribution in [0.3, 0.4) is 0 Å². The Morgan fingerprint density at radius 1 is 1.32 bits per heavy atom. The normalized spacial score (nSPS) is 10.2. The van der Waals surface area contributed by atoms with Crippen LogP contribution in [0.15, 0.2) is 39.3 Å². The standard InChI is InChI=1S/C12H7Br2N2O3/c13-8-2-1-3-9(14)12(8)19-7-4-5-10(15)11(6-7)16(17)18/h1-2,4-6H,15H2. The molecule has 0 atom stereocenters. The van der Waals surface area contributed by atoms with Gasteiger partial charge in [-0.05, 0) is 50.1 Å². The Bertz CT molecular complexity index is 627. The first kappa shape index (κ1) is 13.8. The Morgan fingerprint density at radius 2 is 2.05 bits per heavy atom. The topological polar surface area (TPSA) is 78.4 Å². The highest BCUT2D eigenvalue weighted by Crippen LogP contribution is 2.37. The lowest BCUT2D eigenvalue weighted by Gasteiger charge is -2.09. The summed E-state index contributed by atoms with van der Waals surface area (Å²) in [4.78, 5) is 10.3. The summed E-state index contributed by atoms with van der Waals surface area (Å²) in [6, 6.07) is 10.7. The number of nitrogen functional groups attached to an aromatic ring is 1. The predicted molar refractivity (Wildman–Crippen MR) is 78.3 cm³/mol. The SMILES string of the molecule is Nc1ccc(Oc2c(Br)[c]ccc2Br)cc1[N+](=O)[O-]. The van der Waals surface area contributed by atoms with E-state index in [9.17, 15) is 10.1 Å². The van der Waals surface area contributed by atoms with Crippen molar-refractivity contribution >= 4 is 43.2 Å². The molecule has 7 heteroatoms. The molecule has 2 aromatic rings. The largest absolute Gasteiger partial charge is 0.455 e. The molecular weight excluding hydrogens is 380 g/mol. The number of hydrogen-bond acceptors (Lipinski definition) is 4. The Kier molecular flexibility index (Phi) is 4.06. The van der Waals surface area contributed by atoms with Crippen LogP contribution in [0.25, 0.3) is 0 Å². The summed E-state index contributed by atoms with van der Waals surface area (Å²) in [6.07, 6.45) is 0. The molecule has 0 heterocycles. The number of nitrogens with zero attached hydrogens (tertiary/aromatic N) is 1. The highest BCUT2D eigenvalue weighted by molar-refractivity contribution is 9.11. The van der Waals surface area contributed by atoms with Gasteiger partial charge in [-0.25, -0.2) is 0 Å². The predicted octanol–water partition coefficient (Wildman–Crippen LogP) is 4.29. The van der Waals surface area contributed by atoms with Crippen molar-refractivity contribution in [3.05, 3.63) is 55.5 Å². The summed E-state index contributed by atoms with van der Waals surface area (Å²) in [5.74, 6) is 0.809. The van der Waals surface area contributed by atoms with E-state index in [0.29, 0.717) is 20.4 Å². The van der Waals surface area contributed by atoms with Gasteiger partial charge in [-0.3, -0.25) is 10.1 Å². The van der Waals surface area contributed by atoms with Gasteiger partial charge in [-0.15, -0.1) is 0 Å². The number of nitro benzene ring substituents is 1. The van der Waals surface area contributed by atoms with E-state index in [4.69, 9.17) is 10.5 Å². The van der Waals surface area contributed by atoms with Crippen LogP contribution in [0.2, 0.25) is 0 Å². The molecule has 2 aromatic carbocycles. The maximum absolute atomic E-state index is 10.8. The highest BCUT2D eigenvalue weighted by Gasteiger charge is 2.14. The van der Waals surface area contributed by atoms with Crippen molar-refractivity contribution in [2.45, 2.75) is 0 Å². The van der Waals surface area contributed by atoms with E-state index in [1.54, 1.807) is 18.2 Å². The van der Waals surface area contributed by atoms with Gasteiger partial charge in [0.25, 0.3) is 5.69 Å². The van der Waals surface area contributed by atoms with Gasteiger partial charge in [0.05, 0.1) is 19.9 Å². The van der Waals surface area contributed by atoms with Crippen LogP contribution in [-0.4, -0.2) is 4.92 Å². The monoisotopic (exact) mass is 385 g/mol. The third-order valence-corrected chi connectivity index (χ3v) is 3.49.